The second-order valence-corrected chi connectivity index (χ2v) is 4.45. The molecule has 0 heterocycles. The Hall–Kier alpha value is -1.48. The zero-order valence-corrected chi connectivity index (χ0v) is 11.6. The second-order valence-electron chi connectivity index (χ2n) is 3.92. The van der Waals surface area contributed by atoms with Crippen molar-refractivity contribution in [3.63, 3.8) is 0 Å². The van der Waals surface area contributed by atoms with Crippen molar-refractivity contribution in [3.05, 3.63) is 41.4 Å². The highest BCUT2D eigenvalue weighted by molar-refractivity contribution is 6.29. The average molecular weight is 267 g/mol. The molecule has 0 saturated carbocycles. The van der Waals surface area contributed by atoms with Crippen molar-refractivity contribution in [2.45, 2.75) is 13.8 Å². The van der Waals surface area contributed by atoms with Gasteiger partial charge in [-0.25, -0.2) is 0 Å². The van der Waals surface area contributed by atoms with E-state index in [2.05, 4.69) is 30.6 Å². The highest BCUT2D eigenvalue weighted by atomic mass is 35.5. The Kier molecular flexibility index (Phi) is 5.72. The van der Waals surface area contributed by atoms with Gasteiger partial charge in [0.1, 0.15) is 0 Å². The monoisotopic (exact) mass is 266 g/mol. The number of benzene rings is 1. The lowest BCUT2D eigenvalue weighted by molar-refractivity contribution is 0.0957. The smallest absolute Gasteiger partial charge is 0.251 e. The third-order valence-electron chi connectivity index (χ3n) is 2.70. The fourth-order valence-corrected chi connectivity index (χ4v) is 1.76. The van der Waals surface area contributed by atoms with E-state index < -0.39 is 0 Å². The summed E-state index contributed by atoms with van der Waals surface area (Å²) in [6.45, 7) is 9.93. The van der Waals surface area contributed by atoms with Crippen LogP contribution in [0, 0.1) is 0 Å². The van der Waals surface area contributed by atoms with Crippen LogP contribution < -0.4 is 10.2 Å². The number of rotatable bonds is 6. The van der Waals surface area contributed by atoms with Crippen molar-refractivity contribution in [2.24, 2.45) is 0 Å². The van der Waals surface area contributed by atoms with E-state index in [9.17, 15) is 4.79 Å². The van der Waals surface area contributed by atoms with Crippen LogP contribution in [0.3, 0.4) is 0 Å². The topological polar surface area (TPSA) is 32.3 Å². The summed E-state index contributed by atoms with van der Waals surface area (Å²) in [6, 6.07) is 7.55. The molecule has 18 heavy (non-hydrogen) atoms. The van der Waals surface area contributed by atoms with E-state index in [-0.39, 0.29) is 12.5 Å². The number of hydrogen-bond donors (Lipinski definition) is 1. The van der Waals surface area contributed by atoms with Crippen molar-refractivity contribution >= 4 is 23.2 Å². The minimum atomic E-state index is -0.136. The maximum absolute atomic E-state index is 11.7. The van der Waals surface area contributed by atoms with Gasteiger partial charge in [0.2, 0.25) is 0 Å². The van der Waals surface area contributed by atoms with Gasteiger partial charge in [0, 0.05) is 29.4 Å². The molecule has 0 fully saturated rings. The summed E-state index contributed by atoms with van der Waals surface area (Å²) in [5.41, 5.74) is 1.75. The molecule has 1 amide bonds. The number of halogens is 1. The summed E-state index contributed by atoms with van der Waals surface area (Å²) in [5.74, 6) is -0.136. The predicted molar refractivity (Wildman–Crippen MR) is 77.3 cm³/mol. The van der Waals surface area contributed by atoms with Crippen LogP contribution in [0.25, 0.3) is 0 Å². The minimum absolute atomic E-state index is 0.136. The number of carbonyl (C=O) groups excluding carboxylic acids is 1. The van der Waals surface area contributed by atoms with Crippen LogP contribution in [0.4, 0.5) is 5.69 Å². The van der Waals surface area contributed by atoms with E-state index in [0.717, 1.165) is 18.8 Å². The molecule has 0 aromatic heterocycles. The van der Waals surface area contributed by atoms with Crippen LogP contribution in [0.1, 0.15) is 24.2 Å². The lowest BCUT2D eigenvalue weighted by Gasteiger charge is -2.21. The van der Waals surface area contributed by atoms with Gasteiger partial charge in [-0.05, 0) is 38.1 Å². The largest absolute Gasteiger partial charge is 0.372 e. The number of carbonyl (C=O) groups is 1. The van der Waals surface area contributed by atoms with Crippen LogP contribution >= 0.6 is 11.6 Å². The first kappa shape index (κ1) is 14.6. The Morgan fingerprint density at radius 1 is 1.28 bits per heavy atom. The van der Waals surface area contributed by atoms with Gasteiger partial charge < -0.3 is 10.2 Å². The van der Waals surface area contributed by atoms with Crippen molar-refractivity contribution < 1.29 is 4.79 Å². The van der Waals surface area contributed by atoms with Crippen molar-refractivity contribution in [3.8, 4) is 0 Å². The van der Waals surface area contributed by atoms with Crippen LogP contribution in [-0.2, 0) is 0 Å². The van der Waals surface area contributed by atoms with Crippen molar-refractivity contribution in [1.29, 1.82) is 0 Å². The van der Waals surface area contributed by atoms with E-state index in [1.54, 1.807) is 0 Å². The van der Waals surface area contributed by atoms with E-state index >= 15 is 0 Å². The Morgan fingerprint density at radius 2 is 1.83 bits per heavy atom. The first-order valence-corrected chi connectivity index (χ1v) is 6.42. The SMILES string of the molecule is C=C(Cl)CNC(=O)c1ccc(N(CC)CC)cc1. The standard InChI is InChI=1S/C14H19ClN2O/c1-4-17(5-2)13-8-6-12(7-9-13)14(18)16-10-11(3)15/h6-9H,3-5,10H2,1-2H3,(H,16,18). The molecule has 0 unspecified atom stereocenters. The van der Waals surface area contributed by atoms with Gasteiger partial charge in [-0.3, -0.25) is 4.79 Å². The minimum Gasteiger partial charge on any atom is -0.372 e. The van der Waals surface area contributed by atoms with Crippen molar-refractivity contribution in [1.82, 2.24) is 5.32 Å². The van der Waals surface area contributed by atoms with E-state index in [0.29, 0.717) is 10.6 Å². The number of anilines is 1. The Balaban J connectivity index is 2.70. The summed E-state index contributed by atoms with van der Waals surface area (Å²) in [6.07, 6.45) is 0. The highest BCUT2D eigenvalue weighted by Gasteiger charge is 2.06. The molecule has 0 spiro atoms. The zero-order chi connectivity index (χ0) is 13.5. The predicted octanol–water partition coefficient (Wildman–Crippen LogP) is 3.02. The van der Waals surface area contributed by atoms with Gasteiger partial charge in [0.25, 0.3) is 5.91 Å². The summed E-state index contributed by atoms with van der Waals surface area (Å²) in [5, 5.41) is 3.11. The molecule has 0 aliphatic heterocycles. The van der Waals surface area contributed by atoms with Crippen LogP contribution in [-0.4, -0.2) is 25.5 Å². The number of nitrogens with one attached hydrogen (secondary N) is 1. The third-order valence-corrected chi connectivity index (χ3v) is 2.83. The Labute approximate surface area is 113 Å². The molecule has 0 bridgehead atoms. The molecule has 3 nitrogen and oxygen atoms in total. The maximum Gasteiger partial charge on any atom is 0.251 e. The highest BCUT2D eigenvalue weighted by Crippen LogP contribution is 2.14. The lowest BCUT2D eigenvalue weighted by Crippen LogP contribution is -2.25. The van der Waals surface area contributed by atoms with E-state index in [1.165, 1.54) is 0 Å². The normalized spacial score (nSPS) is 9.94. The van der Waals surface area contributed by atoms with Gasteiger partial charge in [0.15, 0.2) is 0 Å². The van der Waals surface area contributed by atoms with Crippen LogP contribution in [0.2, 0.25) is 0 Å². The van der Waals surface area contributed by atoms with Crippen molar-refractivity contribution in [2.75, 3.05) is 24.5 Å². The molecule has 1 aromatic carbocycles. The lowest BCUT2D eigenvalue weighted by atomic mass is 10.2. The molecular formula is C14H19ClN2O. The fraction of sp³-hybridized carbons (Fsp3) is 0.357. The quantitative estimate of drug-likeness (QED) is 0.858. The Bertz CT molecular complexity index is 410. The van der Waals surface area contributed by atoms with Crippen LogP contribution in [0.15, 0.2) is 35.9 Å². The zero-order valence-electron chi connectivity index (χ0n) is 10.9. The number of amides is 1. The molecule has 4 heteroatoms. The molecule has 98 valence electrons. The molecule has 1 aromatic rings. The summed E-state index contributed by atoms with van der Waals surface area (Å²) < 4.78 is 0. The number of hydrogen-bond acceptors (Lipinski definition) is 2. The molecule has 0 radical (unpaired) electrons. The third kappa shape index (κ3) is 4.08. The molecule has 1 rings (SSSR count). The summed E-state index contributed by atoms with van der Waals surface area (Å²) >= 11 is 5.60. The van der Waals surface area contributed by atoms with Gasteiger partial charge in [-0.2, -0.15) is 0 Å². The first-order valence-electron chi connectivity index (χ1n) is 6.05. The number of nitrogens with zero attached hydrogens (tertiary/aromatic N) is 1. The molecule has 0 aliphatic carbocycles. The maximum atomic E-state index is 11.7. The molecule has 1 N–H and O–H groups in total. The fourth-order valence-electron chi connectivity index (χ4n) is 1.69. The summed E-state index contributed by atoms with van der Waals surface area (Å²) in [7, 11) is 0. The van der Waals surface area contributed by atoms with E-state index in [4.69, 9.17) is 11.6 Å². The van der Waals surface area contributed by atoms with Crippen LogP contribution in [0.5, 0.6) is 0 Å². The average Bonchev–Trinajstić information content (AvgIpc) is 2.38. The summed E-state index contributed by atoms with van der Waals surface area (Å²) in [4.78, 5) is 14.0. The molecule has 0 aliphatic rings. The molecular weight excluding hydrogens is 248 g/mol. The van der Waals surface area contributed by atoms with Gasteiger partial charge in [-0.1, -0.05) is 18.2 Å². The first-order chi connectivity index (χ1) is 8.58. The van der Waals surface area contributed by atoms with Gasteiger partial charge >= 0.3 is 0 Å². The molecule has 0 saturated heterocycles. The van der Waals surface area contributed by atoms with E-state index in [1.807, 2.05) is 24.3 Å². The second kappa shape index (κ2) is 7.07. The molecule has 0 atom stereocenters. The van der Waals surface area contributed by atoms with Gasteiger partial charge in [-0.15, -0.1) is 0 Å². The van der Waals surface area contributed by atoms with Gasteiger partial charge in [0.05, 0.1) is 6.54 Å². The Morgan fingerprint density at radius 3 is 2.28 bits per heavy atom.